The monoisotopic (exact) mass is 218 g/mol. The van der Waals surface area contributed by atoms with Crippen LogP contribution < -0.4 is 5.32 Å². The van der Waals surface area contributed by atoms with Crippen molar-refractivity contribution in [2.75, 3.05) is 13.1 Å². The molecule has 2 atom stereocenters. The fourth-order valence-electron chi connectivity index (χ4n) is 3.03. The molecule has 0 saturated carbocycles. The van der Waals surface area contributed by atoms with Crippen LogP contribution in [-0.2, 0) is 12.8 Å². The maximum atomic E-state index is 11.0. The molecule has 0 aromatic heterocycles. The van der Waals surface area contributed by atoms with Crippen molar-refractivity contribution < 1.29 is 4.92 Å². The second-order valence-electron chi connectivity index (χ2n) is 4.76. The quantitative estimate of drug-likeness (QED) is 0.574. The number of fused-ring (bicyclic) bond motifs is 2. The predicted octanol–water partition coefficient (Wildman–Crippen LogP) is 1.53. The number of nitrogens with zero attached hydrogens (tertiary/aromatic N) is 1. The molecule has 1 heterocycles. The Bertz CT molecular complexity index is 445. The predicted molar refractivity (Wildman–Crippen MR) is 60.4 cm³/mol. The Morgan fingerprint density at radius 1 is 1.25 bits per heavy atom. The van der Waals surface area contributed by atoms with E-state index in [1.54, 1.807) is 12.1 Å². The number of nitro groups is 1. The summed E-state index contributed by atoms with van der Waals surface area (Å²) in [6.45, 7) is 2.07. The van der Waals surface area contributed by atoms with Gasteiger partial charge in [-0.3, -0.25) is 10.1 Å². The minimum atomic E-state index is -0.248. The fourth-order valence-corrected chi connectivity index (χ4v) is 3.03. The largest absolute Gasteiger partial charge is 0.316 e. The van der Waals surface area contributed by atoms with E-state index >= 15 is 0 Å². The van der Waals surface area contributed by atoms with E-state index in [0.717, 1.165) is 31.5 Å². The number of nitro benzene ring substituents is 1. The van der Waals surface area contributed by atoms with Crippen LogP contribution in [0.25, 0.3) is 0 Å². The standard InChI is InChI=1S/C12H14N2O2/c15-14(16)12-3-1-2-8-4-9-6-13-7-10(9)5-11(8)12/h1-3,9-10,13H,4-7H2/t9-,10-/m1/s1. The van der Waals surface area contributed by atoms with Gasteiger partial charge >= 0.3 is 0 Å². The van der Waals surface area contributed by atoms with Gasteiger partial charge in [0.15, 0.2) is 0 Å². The first-order chi connectivity index (χ1) is 7.75. The van der Waals surface area contributed by atoms with E-state index in [-0.39, 0.29) is 4.92 Å². The lowest BCUT2D eigenvalue weighted by atomic mass is 9.77. The Balaban J connectivity index is 2.04. The lowest BCUT2D eigenvalue weighted by Crippen LogP contribution is -2.24. The van der Waals surface area contributed by atoms with Crippen LogP contribution in [0.1, 0.15) is 11.1 Å². The normalized spacial score (nSPS) is 27.2. The van der Waals surface area contributed by atoms with Crippen LogP contribution in [0.5, 0.6) is 0 Å². The van der Waals surface area contributed by atoms with Crippen LogP contribution in [0, 0.1) is 22.0 Å². The van der Waals surface area contributed by atoms with E-state index in [9.17, 15) is 10.1 Å². The van der Waals surface area contributed by atoms with Gasteiger partial charge in [-0.1, -0.05) is 12.1 Å². The van der Waals surface area contributed by atoms with Crippen molar-refractivity contribution in [2.24, 2.45) is 11.8 Å². The second kappa shape index (κ2) is 3.56. The molecular formula is C12H14N2O2. The van der Waals surface area contributed by atoms with Crippen LogP contribution in [0.3, 0.4) is 0 Å². The Morgan fingerprint density at radius 2 is 2.00 bits per heavy atom. The van der Waals surface area contributed by atoms with Crippen molar-refractivity contribution in [3.8, 4) is 0 Å². The highest BCUT2D eigenvalue weighted by Gasteiger charge is 2.35. The number of hydrogen-bond acceptors (Lipinski definition) is 3. The third kappa shape index (κ3) is 1.41. The highest BCUT2D eigenvalue weighted by molar-refractivity contribution is 5.47. The summed E-state index contributed by atoms with van der Waals surface area (Å²) in [5, 5.41) is 14.3. The van der Waals surface area contributed by atoms with E-state index in [4.69, 9.17) is 0 Å². The third-order valence-corrected chi connectivity index (χ3v) is 3.87. The van der Waals surface area contributed by atoms with Crippen LogP contribution in [0.2, 0.25) is 0 Å². The first kappa shape index (κ1) is 9.78. The highest BCUT2D eigenvalue weighted by Crippen LogP contribution is 2.36. The van der Waals surface area contributed by atoms with Crippen LogP contribution in [-0.4, -0.2) is 18.0 Å². The van der Waals surface area contributed by atoms with E-state index < -0.39 is 0 Å². The molecule has 2 aliphatic rings. The Kier molecular flexibility index (Phi) is 2.17. The van der Waals surface area contributed by atoms with Gasteiger partial charge in [0.2, 0.25) is 0 Å². The molecule has 0 spiro atoms. The van der Waals surface area contributed by atoms with Gasteiger partial charge in [-0.05, 0) is 43.3 Å². The average Bonchev–Trinajstić information content (AvgIpc) is 2.71. The second-order valence-corrected chi connectivity index (χ2v) is 4.76. The van der Waals surface area contributed by atoms with Crippen LogP contribution in [0.4, 0.5) is 5.69 Å². The summed E-state index contributed by atoms with van der Waals surface area (Å²) in [4.78, 5) is 10.7. The number of benzene rings is 1. The molecule has 84 valence electrons. The van der Waals surface area contributed by atoms with Gasteiger partial charge in [0.05, 0.1) is 4.92 Å². The fraction of sp³-hybridized carbons (Fsp3) is 0.500. The average molecular weight is 218 g/mol. The molecular weight excluding hydrogens is 204 g/mol. The molecule has 1 aliphatic heterocycles. The number of hydrogen-bond donors (Lipinski definition) is 1. The first-order valence-electron chi connectivity index (χ1n) is 5.71. The zero-order valence-electron chi connectivity index (χ0n) is 8.98. The van der Waals surface area contributed by atoms with Gasteiger partial charge in [-0.15, -0.1) is 0 Å². The minimum absolute atomic E-state index is 0.248. The van der Waals surface area contributed by atoms with Gasteiger partial charge in [-0.25, -0.2) is 0 Å². The van der Waals surface area contributed by atoms with Crippen molar-refractivity contribution in [1.82, 2.24) is 5.32 Å². The van der Waals surface area contributed by atoms with E-state index in [2.05, 4.69) is 5.32 Å². The van der Waals surface area contributed by atoms with Crippen LogP contribution >= 0.6 is 0 Å². The third-order valence-electron chi connectivity index (χ3n) is 3.87. The van der Waals surface area contributed by atoms with Crippen molar-refractivity contribution in [3.63, 3.8) is 0 Å². The van der Waals surface area contributed by atoms with Gasteiger partial charge in [0, 0.05) is 11.6 Å². The molecule has 4 heteroatoms. The molecule has 0 unspecified atom stereocenters. The maximum absolute atomic E-state index is 11.0. The SMILES string of the molecule is O=[N+]([O-])c1cccc2c1C[C@@H]1CNC[C@H]1C2. The molecule has 1 aromatic carbocycles. The van der Waals surface area contributed by atoms with E-state index in [1.165, 1.54) is 5.56 Å². The summed E-state index contributed by atoms with van der Waals surface area (Å²) in [7, 11) is 0. The Morgan fingerprint density at radius 3 is 2.75 bits per heavy atom. The van der Waals surface area contributed by atoms with Crippen molar-refractivity contribution in [2.45, 2.75) is 12.8 Å². The smallest absolute Gasteiger partial charge is 0.272 e. The molecule has 0 bridgehead atoms. The molecule has 4 nitrogen and oxygen atoms in total. The zero-order valence-corrected chi connectivity index (χ0v) is 8.98. The van der Waals surface area contributed by atoms with Gasteiger partial charge in [0.25, 0.3) is 5.69 Å². The summed E-state index contributed by atoms with van der Waals surface area (Å²) in [5.41, 5.74) is 2.46. The summed E-state index contributed by atoms with van der Waals surface area (Å²) in [6, 6.07) is 5.47. The molecule has 16 heavy (non-hydrogen) atoms. The lowest BCUT2D eigenvalue weighted by Gasteiger charge is -2.26. The van der Waals surface area contributed by atoms with E-state index in [1.807, 2.05) is 6.07 Å². The molecule has 0 amide bonds. The maximum Gasteiger partial charge on any atom is 0.272 e. The van der Waals surface area contributed by atoms with Gasteiger partial charge in [-0.2, -0.15) is 0 Å². The van der Waals surface area contributed by atoms with Crippen molar-refractivity contribution in [1.29, 1.82) is 0 Å². The summed E-state index contributed by atoms with van der Waals surface area (Å²) < 4.78 is 0. The summed E-state index contributed by atoms with van der Waals surface area (Å²) >= 11 is 0. The molecule has 1 saturated heterocycles. The number of rotatable bonds is 1. The van der Waals surface area contributed by atoms with Crippen molar-refractivity contribution >= 4 is 5.69 Å². The first-order valence-corrected chi connectivity index (χ1v) is 5.71. The molecule has 1 N–H and O–H groups in total. The lowest BCUT2D eigenvalue weighted by molar-refractivity contribution is -0.385. The van der Waals surface area contributed by atoms with Crippen LogP contribution in [0.15, 0.2) is 18.2 Å². The molecule has 1 aromatic rings. The van der Waals surface area contributed by atoms with Gasteiger partial charge in [0.1, 0.15) is 0 Å². The summed E-state index contributed by atoms with van der Waals surface area (Å²) in [6.07, 6.45) is 1.86. The zero-order chi connectivity index (χ0) is 11.1. The van der Waals surface area contributed by atoms with Crippen molar-refractivity contribution in [3.05, 3.63) is 39.4 Å². The highest BCUT2D eigenvalue weighted by atomic mass is 16.6. The molecule has 3 rings (SSSR count). The Hall–Kier alpha value is -1.42. The number of nitrogens with one attached hydrogen (secondary N) is 1. The van der Waals surface area contributed by atoms with Gasteiger partial charge < -0.3 is 5.32 Å². The Labute approximate surface area is 93.8 Å². The summed E-state index contributed by atoms with van der Waals surface area (Å²) in [5.74, 6) is 1.27. The minimum Gasteiger partial charge on any atom is -0.316 e. The molecule has 1 aliphatic carbocycles. The van der Waals surface area contributed by atoms with E-state index in [0.29, 0.717) is 17.5 Å². The topological polar surface area (TPSA) is 55.2 Å². The molecule has 0 radical (unpaired) electrons. The molecule has 1 fully saturated rings.